The van der Waals surface area contributed by atoms with Crippen molar-refractivity contribution in [2.24, 2.45) is 17.8 Å². The van der Waals surface area contributed by atoms with Gasteiger partial charge < -0.3 is 25.2 Å². The van der Waals surface area contributed by atoms with Crippen molar-refractivity contribution in [3.05, 3.63) is 35.0 Å². The van der Waals surface area contributed by atoms with Gasteiger partial charge in [-0.25, -0.2) is 4.79 Å². The number of nitrogens with zero attached hydrogens (tertiary/aromatic N) is 1. The van der Waals surface area contributed by atoms with Crippen LogP contribution in [0.5, 0.6) is 5.75 Å². The lowest BCUT2D eigenvalue weighted by molar-refractivity contribution is -0.136. The summed E-state index contributed by atoms with van der Waals surface area (Å²) in [6.07, 6.45) is 7.65. The van der Waals surface area contributed by atoms with Gasteiger partial charge in [0.15, 0.2) is 0 Å². The van der Waals surface area contributed by atoms with E-state index in [-0.39, 0.29) is 48.0 Å². The number of phenolic OH excluding ortho intramolecular Hbond substituents is 1. The lowest BCUT2D eigenvalue weighted by Gasteiger charge is -2.57. The third kappa shape index (κ3) is 3.39. The number of amides is 1. The second-order valence-corrected chi connectivity index (χ2v) is 9.85. The van der Waals surface area contributed by atoms with Gasteiger partial charge in [-0.15, -0.1) is 0 Å². The van der Waals surface area contributed by atoms with Crippen molar-refractivity contribution in [3.63, 3.8) is 0 Å². The maximum Gasteiger partial charge on any atom is 0.337 e. The molecule has 31 heavy (non-hydrogen) atoms. The summed E-state index contributed by atoms with van der Waals surface area (Å²) in [7, 11) is 1.28. The van der Waals surface area contributed by atoms with Crippen LogP contribution in [0, 0.1) is 17.8 Å². The summed E-state index contributed by atoms with van der Waals surface area (Å²) >= 11 is 0. The molecule has 1 heterocycles. The maximum atomic E-state index is 12.9. The van der Waals surface area contributed by atoms with Crippen LogP contribution in [0.3, 0.4) is 0 Å². The quantitative estimate of drug-likeness (QED) is 0.478. The summed E-state index contributed by atoms with van der Waals surface area (Å²) in [5.41, 5.74) is 2.12. The van der Waals surface area contributed by atoms with E-state index in [1.165, 1.54) is 56.1 Å². The summed E-state index contributed by atoms with van der Waals surface area (Å²) < 4.78 is 4.85. The average molecular weight is 427 g/mol. The number of carbonyl (C=O) groups excluding carboxylic acids is 2. The number of hydrogen-bond acceptors (Lipinski definition) is 6. The highest BCUT2D eigenvalue weighted by atomic mass is 16.5. The zero-order valence-corrected chi connectivity index (χ0v) is 17.9. The van der Waals surface area contributed by atoms with Crippen molar-refractivity contribution in [1.82, 2.24) is 4.90 Å². The maximum absolute atomic E-state index is 12.9. The fourth-order valence-electron chi connectivity index (χ4n) is 6.91. The third-order valence-corrected chi connectivity index (χ3v) is 7.86. The van der Waals surface area contributed by atoms with E-state index in [4.69, 9.17) is 4.74 Å². The average Bonchev–Trinajstić information content (AvgIpc) is 3.04. The third-order valence-electron chi connectivity index (χ3n) is 7.86. The smallest absolute Gasteiger partial charge is 0.337 e. The molecule has 5 aliphatic rings. The number of carbonyl (C=O) groups is 2. The number of benzene rings is 1. The van der Waals surface area contributed by atoms with Crippen molar-refractivity contribution in [1.29, 1.82) is 0 Å². The molecule has 0 aromatic heterocycles. The molecule has 1 amide bonds. The first-order chi connectivity index (χ1) is 14.9. The highest BCUT2D eigenvalue weighted by molar-refractivity contribution is 6.08. The number of aromatic hydroxyl groups is 1. The van der Waals surface area contributed by atoms with Crippen molar-refractivity contribution >= 4 is 17.6 Å². The number of methoxy groups -OCH3 is 1. The van der Waals surface area contributed by atoms with Crippen LogP contribution < -0.4 is 5.32 Å². The predicted molar refractivity (Wildman–Crippen MR) is 114 cm³/mol. The van der Waals surface area contributed by atoms with E-state index in [0.717, 1.165) is 17.8 Å². The highest BCUT2D eigenvalue weighted by Crippen LogP contribution is 2.61. The lowest BCUT2D eigenvalue weighted by Crippen LogP contribution is -2.48. The van der Waals surface area contributed by atoms with Gasteiger partial charge in [0.1, 0.15) is 11.4 Å². The number of esters is 1. The molecule has 0 saturated heterocycles. The van der Waals surface area contributed by atoms with Gasteiger partial charge in [-0.1, -0.05) is 6.07 Å². The normalized spacial score (nSPS) is 31.5. The lowest BCUT2D eigenvalue weighted by atomic mass is 9.48. The van der Waals surface area contributed by atoms with E-state index in [9.17, 15) is 19.8 Å². The molecule has 4 bridgehead atoms. The number of ether oxygens (including phenoxy) is 1. The molecule has 4 aliphatic carbocycles. The van der Waals surface area contributed by atoms with Crippen LogP contribution in [0.15, 0.2) is 29.5 Å². The minimum Gasteiger partial charge on any atom is -0.506 e. The Morgan fingerprint density at radius 3 is 2.42 bits per heavy atom. The Balaban J connectivity index is 1.47. The minimum absolute atomic E-state index is 0.0404. The Hall–Kier alpha value is -2.54. The predicted octanol–water partition coefficient (Wildman–Crippen LogP) is 2.53. The largest absolute Gasteiger partial charge is 0.506 e. The Morgan fingerprint density at radius 1 is 1.19 bits per heavy atom. The highest BCUT2D eigenvalue weighted by Gasteiger charge is 2.51. The molecule has 7 heteroatoms. The SMILES string of the molecule is COC(=O)C1=C(Nc2cc(C34CC5CC(CC(C5)C3)C4)ccc2O)C(=O)N(CCO)C1. The number of β-amino-alcohol motifs (C(OH)–C–C–N with tert-alkyl or cyclic N) is 1. The van der Waals surface area contributed by atoms with Crippen molar-refractivity contribution in [3.8, 4) is 5.75 Å². The molecule has 0 radical (unpaired) electrons. The van der Waals surface area contributed by atoms with E-state index >= 15 is 0 Å². The van der Waals surface area contributed by atoms with Gasteiger partial charge in [-0.2, -0.15) is 0 Å². The number of aliphatic hydroxyl groups excluding tert-OH is 1. The van der Waals surface area contributed by atoms with Gasteiger partial charge >= 0.3 is 5.97 Å². The second-order valence-electron chi connectivity index (χ2n) is 9.85. The molecule has 0 unspecified atom stereocenters. The molecule has 1 aromatic carbocycles. The molecular weight excluding hydrogens is 396 g/mol. The topological polar surface area (TPSA) is 99.1 Å². The number of hydrogen-bond donors (Lipinski definition) is 3. The van der Waals surface area contributed by atoms with Gasteiger partial charge in [0, 0.05) is 6.54 Å². The molecule has 0 spiro atoms. The van der Waals surface area contributed by atoms with E-state index in [0.29, 0.717) is 5.69 Å². The molecule has 166 valence electrons. The van der Waals surface area contributed by atoms with Crippen LogP contribution >= 0.6 is 0 Å². The molecule has 4 saturated carbocycles. The summed E-state index contributed by atoms with van der Waals surface area (Å²) in [6.45, 7) is 0.00780. The van der Waals surface area contributed by atoms with Gasteiger partial charge in [-0.3, -0.25) is 4.79 Å². The first-order valence-corrected chi connectivity index (χ1v) is 11.2. The van der Waals surface area contributed by atoms with Gasteiger partial charge in [0.2, 0.25) is 0 Å². The van der Waals surface area contributed by atoms with E-state index in [2.05, 4.69) is 5.32 Å². The van der Waals surface area contributed by atoms with Crippen molar-refractivity contribution in [2.45, 2.75) is 43.9 Å². The first kappa shape index (κ1) is 20.4. The molecule has 3 N–H and O–H groups in total. The summed E-state index contributed by atoms with van der Waals surface area (Å²) in [4.78, 5) is 26.5. The van der Waals surface area contributed by atoms with Crippen LogP contribution in [-0.2, 0) is 19.7 Å². The number of rotatable bonds is 6. The number of aliphatic hydroxyl groups is 1. The monoisotopic (exact) mass is 426 g/mol. The Morgan fingerprint density at radius 2 is 1.84 bits per heavy atom. The molecule has 6 rings (SSSR count). The number of nitrogens with one attached hydrogen (secondary N) is 1. The zero-order chi connectivity index (χ0) is 21.8. The van der Waals surface area contributed by atoms with Gasteiger partial charge in [0.05, 0.1) is 31.5 Å². The number of anilines is 1. The summed E-state index contributed by atoms with van der Waals surface area (Å²) in [6, 6.07) is 5.68. The Labute approximate surface area is 182 Å². The summed E-state index contributed by atoms with van der Waals surface area (Å²) in [5.74, 6) is 1.47. The first-order valence-electron chi connectivity index (χ1n) is 11.2. The fourth-order valence-corrected chi connectivity index (χ4v) is 6.91. The Kier molecular flexibility index (Phi) is 4.96. The Bertz CT molecular complexity index is 918. The minimum atomic E-state index is -0.590. The van der Waals surface area contributed by atoms with Gasteiger partial charge in [-0.05, 0) is 79.4 Å². The molecule has 1 aromatic rings. The van der Waals surface area contributed by atoms with Crippen LogP contribution in [0.1, 0.15) is 44.1 Å². The second kappa shape index (κ2) is 7.55. The van der Waals surface area contributed by atoms with Gasteiger partial charge in [0.25, 0.3) is 5.91 Å². The van der Waals surface area contributed by atoms with E-state index in [1.807, 2.05) is 12.1 Å². The molecular formula is C24H30N2O5. The molecule has 0 atom stereocenters. The molecule has 4 fully saturated rings. The fraction of sp³-hybridized carbons (Fsp3) is 0.583. The van der Waals surface area contributed by atoms with Crippen molar-refractivity contribution in [2.75, 3.05) is 32.1 Å². The van der Waals surface area contributed by atoms with E-state index < -0.39 is 5.97 Å². The van der Waals surface area contributed by atoms with E-state index in [1.54, 1.807) is 6.07 Å². The zero-order valence-electron chi connectivity index (χ0n) is 17.9. The summed E-state index contributed by atoms with van der Waals surface area (Å²) in [5, 5.41) is 22.8. The van der Waals surface area contributed by atoms with Crippen LogP contribution in [0.4, 0.5) is 5.69 Å². The number of phenols is 1. The van der Waals surface area contributed by atoms with Crippen molar-refractivity contribution < 1.29 is 24.5 Å². The van der Waals surface area contributed by atoms with Crippen LogP contribution in [-0.4, -0.2) is 53.8 Å². The standard InChI is InChI=1S/C24H30N2O5/c1-31-23(30)18-13-26(4-5-27)22(29)21(18)25-19-9-17(2-3-20(19)28)24-10-14-6-15(11-24)8-16(7-14)12-24/h2-3,9,14-16,25,27-28H,4-8,10-13H2,1H3. The molecule has 7 nitrogen and oxygen atoms in total. The molecule has 1 aliphatic heterocycles. The van der Waals surface area contributed by atoms with Crippen LogP contribution in [0.25, 0.3) is 0 Å². The van der Waals surface area contributed by atoms with Crippen LogP contribution in [0.2, 0.25) is 0 Å².